The maximum atomic E-state index is 13.5. The SMILES string of the molecule is C=CCN1C(=O)[C@H](NC(=O)OC(C)(C)C)[C@H](c2ccccc2)Oc2ccccc21. The maximum Gasteiger partial charge on any atom is 0.408 e. The number of hydrogen-bond acceptors (Lipinski definition) is 4. The molecule has 2 atom stereocenters. The van der Waals surface area contributed by atoms with Crippen molar-refractivity contribution < 1.29 is 19.1 Å². The monoisotopic (exact) mass is 394 g/mol. The van der Waals surface area contributed by atoms with Crippen LogP contribution in [0.3, 0.4) is 0 Å². The zero-order valence-electron chi connectivity index (χ0n) is 16.9. The molecule has 1 aliphatic heterocycles. The number of anilines is 1. The van der Waals surface area contributed by atoms with E-state index >= 15 is 0 Å². The minimum Gasteiger partial charge on any atom is -0.481 e. The largest absolute Gasteiger partial charge is 0.481 e. The third kappa shape index (κ3) is 4.77. The molecule has 1 aliphatic rings. The normalized spacial score (nSPS) is 18.9. The Morgan fingerprint density at radius 1 is 1.17 bits per heavy atom. The molecule has 0 aliphatic carbocycles. The van der Waals surface area contributed by atoms with E-state index in [0.717, 1.165) is 5.56 Å². The Morgan fingerprint density at radius 2 is 1.83 bits per heavy atom. The highest BCUT2D eigenvalue weighted by molar-refractivity contribution is 6.01. The first-order chi connectivity index (χ1) is 13.8. The van der Waals surface area contributed by atoms with E-state index in [0.29, 0.717) is 11.4 Å². The third-order valence-corrected chi connectivity index (χ3v) is 4.36. The Balaban J connectivity index is 2.04. The van der Waals surface area contributed by atoms with Crippen molar-refractivity contribution in [2.24, 2.45) is 0 Å². The average molecular weight is 394 g/mol. The molecule has 0 spiro atoms. The van der Waals surface area contributed by atoms with Gasteiger partial charge in [-0.1, -0.05) is 48.5 Å². The van der Waals surface area contributed by atoms with Gasteiger partial charge in [0.1, 0.15) is 11.4 Å². The molecule has 6 nitrogen and oxygen atoms in total. The van der Waals surface area contributed by atoms with Gasteiger partial charge in [-0.3, -0.25) is 4.79 Å². The molecule has 0 saturated carbocycles. The van der Waals surface area contributed by atoms with Crippen molar-refractivity contribution in [1.29, 1.82) is 0 Å². The van der Waals surface area contributed by atoms with Crippen molar-refractivity contribution in [3.63, 3.8) is 0 Å². The van der Waals surface area contributed by atoms with Crippen molar-refractivity contribution >= 4 is 17.7 Å². The van der Waals surface area contributed by atoms with E-state index in [4.69, 9.17) is 9.47 Å². The van der Waals surface area contributed by atoms with Crippen LogP contribution in [0.25, 0.3) is 0 Å². The molecule has 0 bridgehead atoms. The van der Waals surface area contributed by atoms with E-state index in [1.54, 1.807) is 31.7 Å². The van der Waals surface area contributed by atoms with Crippen LogP contribution in [0.15, 0.2) is 67.3 Å². The topological polar surface area (TPSA) is 67.9 Å². The molecule has 3 rings (SSSR count). The molecular weight excluding hydrogens is 368 g/mol. The Morgan fingerprint density at radius 3 is 2.48 bits per heavy atom. The van der Waals surface area contributed by atoms with Crippen LogP contribution in [-0.4, -0.2) is 30.2 Å². The molecule has 2 aromatic carbocycles. The fourth-order valence-corrected chi connectivity index (χ4v) is 3.19. The van der Waals surface area contributed by atoms with Gasteiger partial charge in [0, 0.05) is 6.54 Å². The van der Waals surface area contributed by atoms with Crippen molar-refractivity contribution in [2.75, 3.05) is 11.4 Å². The van der Waals surface area contributed by atoms with Crippen molar-refractivity contribution in [2.45, 2.75) is 38.5 Å². The van der Waals surface area contributed by atoms with E-state index < -0.39 is 23.8 Å². The van der Waals surface area contributed by atoms with Gasteiger partial charge in [0.05, 0.1) is 5.69 Å². The fourth-order valence-electron chi connectivity index (χ4n) is 3.19. The van der Waals surface area contributed by atoms with Crippen molar-refractivity contribution in [1.82, 2.24) is 5.32 Å². The van der Waals surface area contributed by atoms with Gasteiger partial charge in [-0.15, -0.1) is 6.58 Å². The molecule has 29 heavy (non-hydrogen) atoms. The number of hydrogen-bond donors (Lipinski definition) is 1. The molecule has 2 amide bonds. The molecule has 0 radical (unpaired) electrons. The molecule has 0 aromatic heterocycles. The highest BCUT2D eigenvalue weighted by atomic mass is 16.6. The second-order valence-electron chi connectivity index (χ2n) is 7.78. The first-order valence-electron chi connectivity index (χ1n) is 9.52. The van der Waals surface area contributed by atoms with E-state index in [-0.39, 0.29) is 12.5 Å². The molecule has 152 valence electrons. The number of nitrogens with zero attached hydrogens (tertiary/aromatic N) is 1. The quantitative estimate of drug-likeness (QED) is 0.788. The number of carbonyl (C=O) groups is 2. The predicted molar refractivity (Wildman–Crippen MR) is 112 cm³/mol. The zero-order valence-corrected chi connectivity index (χ0v) is 16.9. The fraction of sp³-hybridized carbons (Fsp3) is 0.304. The highest BCUT2D eigenvalue weighted by Gasteiger charge is 2.40. The van der Waals surface area contributed by atoms with Gasteiger partial charge in [0.25, 0.3) is 5.91 Å². The van der Waals surface area contributed by atoms with Crippen LogP contribution in [0.1, 0.15) is 32.4 Å². The number of rotatable bonds is 4. The summed E-state index contributed by atoms with van der Waals surface area (Å²) < 4.78 is 11.7. The van der Waals surface area contributed by atoms with Crippen LogP contribution in [0.2, 0.25) is 0 Å². The first kappa shape index (κ1) is 20.5. The molecule has 0 unspecified atom stereocenters. The predicted octanol–water partition coefficient (Wildman–Crippen LogP) is 4.23. The summed E-state index contributed by atoms with van der Waals surface area (Å²) >= 11 is 0. The number of ether oxygens (including phenoxy) is 2. The van der Waals surface area contributed by atoms with Gasteiger partial charge in [0.15, 0.2) is 12.1 Å². The van der Waals surface area contributed by atoms with E-state index in [1.165, 1.54) is 0 Å². The number of fused-ring (bicyclic) bond motifs is 1. The van der Waals surface area contributed by atoms with Gasteiger partial charge < -0.3 is 19.7 Å². The molecule has 2 aromatic rings. The first-order valence-corrected chi connectivity index (χ1v) is 9.52. The standard InChI is InChI=1S/C23H26N2O4/c1-5-15-25-17-13-9-10-14-18(17)28-20(16-11-7-6-8-12-16)19(21(25)26)24-22(27)29-23(2,3)4/h5-14,19-20H,1,15H2,2-4H3,(H,24,27)/t19-,20+/m1/s1. The summed E-state index contributed by atoms with van der Waals surface area (Å²) in [5, 5.41) is 2.73. The molecule has 6 heteroatoms. The molecule has 1 N–H and O–H groups in total. The lowest BCUT2D eigenvalue weighted by molar-refractivity contribution is -0.122. The van der Waals surface area contributed by atoms with Gasteiger partial charge in [0.2, 0.25) is 0 Å². The van der Waals surface area contributed by atoms with Gasteiger partial charge >= 0.3 is 6.09 Å². The van der Waals surface area contributed by atoms with Crippen LogP contribution in [0, 0.1) is 0 Å². The zero-order chi connectivity index (χ0) is 21.0. The van der Waals surface area contributed by atoms with Gasteiger partial charge in [-0.25, -0.2) is 4.79 Å². The lowest BCUT2D eigenvalue weighted by Gasteiger charge is -2.29. The van der Waals surface area contributed by atoms with Crippen LogP contribution in [-0.2, 0) is 9.53 Å². The molecule has 0 fully saturated rings. The second-order valence-corrected chi connectivity index (χ2v) is 7.78. The van der Waals surface area contributed by atoms with Crippen molar-refractivity contribution in [3.05, 3.63) is 72.8 Å². The van der Waals surface area contributed by atoms with Gasteiger partial charge in [-0.05, 0) is 38.5 Å². The van der Waals surface area contributed by atoms with E-state index in [1.807, 2.05) is 54.6 Å². The smallest absolute Gasteiger partial charge is 0.408 e. The van der Waals surface area contributed by atoms with Crippen LogP contribution < -0.4 is 15.0 Å². The Hall–Kier alpha value is -3.28. The van der Waals surface area contributed by atoms with E-state index in [9.17, 15) is 9.59 Å². The summed E-state index contributed by atoms with van der Waals surface area (Å²) in [6.07, 6.45) is 0.249. The number of alkyl carbamates (subject to hydrolysis) is 1. The van der Waals surface area contributed by atoms with Crippen molar-refractivity contribution in [3.8, 4) is 5.75 Å². The molecular formula is C23H26N2O4. The summed E-state index contributed by atoms with van der Waals surface area (Å²) in [6, 6.07) is 15.7. The summed E-state index contributed by atoms with van der Waals surface area (Å²) in [4.78, 5) is 27.6. The summed E-state index contributed by atoms with van der Waals surface area (Å²) in [6.45, 7) is 9.35. The Labute approximate surface area is 171 Å². The summed E-state index contributed by atoms with van der Waals surface area (Å²) in [5.41, 5.74) is 0.717. The number of nitrogens with one attached hydrogen (secondary N) is 1. The minimum absolute atomic E-state index is 0.285. The van der Waals surface area contributed by atoms with E-state index in [2.05, 4.69) is 11.9 Å². The molecule has 0 saturated heterocycles. The summed E-state index contributed by atoms with van der Waals surface area (Å²) in [5.74, 6) is 0.264. The number of benzene rings is 2. The average Bonchev–Trinajstić information content (AvgIpc) is 2.78. The number of para-hydroxylation sites is 2. The molecule has 1 heterocycles. The summed E-state index contributed by atoms with van der Waals surface area (Å²) in [7, 11) is 0. The van der Waals surface area contributed by atoms with Gasteiger partial charge in [-0.2, -0.15) is 0 Å². The lowest BCUT2D eigenvalue weighted by atomic mass is 10.0. The number of amides is 2. The highest BCUT2D eigenvalue weighted by Crippen LogP contribution is 2.37. The van der Waals surface area contributed by atoms with Crippen LogP contribution in [0.4, 0.5) is 10.5 Å². The third-order valence-electron chi connectivity index (χ3n) is 4.36. The number of carbonyl (C=O) groups excluding carboxylic acids is 2. The Bertz CT molecular complexity index is 889. The Kier molecular flexibility index (Phi) is 5.92. The second kappa shape index (κ2) is 8.39. The lowest BCUT2D eigenvalue weighted by Crippen LogP contribution is -2.52. The van der Waals surface area contributed by atoms with Crippen LogP contribution >= 0.6 is 0 Å². The maximum absolute atomic E-state index is 13.5. The van der Waals surface area contributed by atoms with Crippen LogP contribution in [0.5, 0.6) is 5.75 Å². The minimum atomic E-state index is -0.973.